The molecule has 0 N–H and O–H groups in total. The standard InChI is InChI=1S/C21H41NO2/c1-2-3-4-5-6-7-8-9-10-12-15-18-22(21-24)19-16-13-11-14-17-20-23/h20-21H,2-19H2,1H3. The number of carbonyl (C=O) groups excluding carboxylic acids is 2. The molecule has 0 unspecified atom stereocenters. The lowest BCUT2D eigenvalue weighted by molar-refractivity contribution is -0.118. The van der Waals surface area contributed by atoms with E-state index in [9.17, 15) is 9.59 Å². The number of rotatable bonds is 20. The first-order valence-electron chi connectivity index (χ1n) is 10.5. The summed E-state index contributed by atoms with van der Waals surface area (Å²) in [6, 6.07) is 0. The van der Waals surface area contributed by atoms with Gasteiger partial charge in [-0.05, 0) is 19.3 Å². The normalized spacial score (nSPS) is 10.7. The average Bonchev–Trinajstić information content (AvgIpc) is 2.60. The Morgan fingerprint density at radius 2 is 1.00 bits per heavy atom. The second-order valence-electron chi connectivity index (χ2n) is 7.05. The summed E-state index contributed by atoms with van der Waals surface area (Å²) < 4.78 is 0. The second kappa shape index (κ2) is 20.2. The van der Waals surface area contributed by atoms with Gasteiger partial charge in [-0.2, -0.15) is 0 Å². The molecule has 0 atom stereocenters. The van der Waals surface area contributed by atoms with Crippen LogP contribution in [0.5, 0.6) is 0 Å². The van der Waals surface area contributed by atoms with Gasteiger partial charge in [-0.1, -0.05) is 84.0 Å². The highest BCUT2D eigenvalue weighted by Gasteiger charge is 2.01. The lowest BCUT2D eigenvalue weighted by Gasteiger charge is -2.17. The molecule has 1 amide bonds. The third kappa shape index (κ3) is 17.5. The SMILES string of the molecule is CCCCCCCCCCCCCN(C=O)CCCCCCC=O. The summed E-state index contributed by atoms with van der Waals surface area (Å²) in [5.74, 6) is 0. The number of hydrogen-bond acceptors (Lipinski definition) is 2. The molecule has 0 aliphatic rings. The predicted octanol–water partition coefficient (Wildman–Crippen LogP) is 5.91. The number of hydrogen-bond donors (Lipinski definition) is 0. The molecule has 0 rings (SSSR count). The van der Waals surface area contributed by atoms with Crippen LogP contribution in [0, 0.1) is 0 Å². The van der Waals surface area contributed by atoms with Gasteiger partial charge in [0.15, 0.2) is 0 Å². The minimum absolute atomic E-state index is 0.677. The van der Waals surface area contributed by atoms with Crippen LogP contribution in [0.4, 0.5) is 0 Å². The predicted molar refractivity (Wildman–Crippen MR) is 103 cm³/mol. The molecule has 0 saturated heterocycles. The molecule has 0 bridgehead atoms. The van der Waals surface area contributed by atoms with Crippen LogP contribution < -0.4 is 0 Å². The van der Waals surface area contributed by atoms with Gasteiger partial charge < -0.3 is 9.69 Å². The molecular formula is C21H41NO2. The molecule has 0 radical (unpaired) electrons. The van der Waals surface area contributed by atoms with Crippen LogP contribution in [0.3, 0.4) is 0 Å². The molecule has 0 aromatic carbocycles. The lowest BCUT2D eigenvalue weighted by Crippen LogP contribution is -2.24. The summed E-state index contributed by atoms with van der Waals surface area (Å²) in [5, 5.41) is 0. The third-order valence-electron chi connectivity index (χ3n) is 4.72. The number of nitrogens with zero attached hydrogens (tertiary/aromatic N) is 1. The molecule has 3 heteroatoms. The maximum Gasteiger partial charge on any atom is 0.209 e. The number of amides is 1. The highest BCUT2D eigenvalue weighted by atomic mass is 16.1. The Morgan fingerprint density at radius 3 is 1.42 bits per heavy atom. The van der Waals surface area contributed by atoms with Gasteiger partial charge in [0.1, 0.15) is 6.29 Å². The molecular weight excluding hydrogens is 298 g/mol. The molecule has 24 heavy (non-hydrogen) atoms. The van der Waals surface area contributed by atoms with Crippen LogP contribution in [0.2, 0.25) is 0 Å². The largest absolute Gasteiger partial charge is 0.345 e. The second-order valence-corrected chi connectivity index (χ2v) is 7.05. The third-order valence-corrected chi connectivity index (χ3v) is 4.72. The summed E-state index contributed by atoms with van der Waals surface area (Å²) in [6.07, 6.45) is 21.7. The van der Waals surface area contributed by atoms with E-state index in [4.69, 9.17) is 0 Å². The first kappa shape index (κ1) is 23.1. The van der Waals surface area contributed by atoms with Gasteiger partial charge in [-0.25, -0.2) is 0 Å². The van der Waals surface area contributed by atoms with Crippen molar-refractivity contribution >= 4 is 12.7 Å². The Hall–Kier alpha value is -0.860. The quantitative estimate of drug-likeness (QED) is 0.204. The van der Waals surface area contributed by atoms with Crippen LogP contribution in [-0.2, 0) is 9.59 Å². The summed E-state index contributed by atoms with van der Waals surface area (Å²) >= 11 is 0. The van der Waals surface area contributed by atoms with E-state index in [1.165, 1.54) is 64.2 Å². The van der Waals surface area contributed by atoms with Crippen molar-refractivity contribution in [2.75, 3.05) is 13.1 Å². The van der Waals surface area contributed by atoms with Crippen LogP contribution in [0.1, 0.15) is 110 Å². The molecule has 0 aliphatic carbocycles. The molecule has 0 saturated carbocycles. The van der Waals surface area contributed by atoms with E-state index in [-0.39, 0.29) is 0 Å². The molecule has 0 aromatic heterocycles. The average molecular weight is 340 g/mol. The van der Waals surface area contributed by atoms with Crippen molar-refractivity contribution in [3.63, 3.8) is 0 Å². The van der Waals surface area contributed by atoms with Crippen molar-refractivity contribution in [2.24, 2.45) is 0 Å². The lowest BCUT2D eigenvalue weighted by atomic mass is 10.1. The van der Waals surface area contributed by atoms with Crippen molar-refractivity contribution < 1.29 is 9.59 Å². The summed E-state index contributed by atoms with van der Waals surface area (Å²) in [6.45, 7) is 4.05. The fraction of sp³-hybridized carbons (Fsp3) is 0.905. The van der Waals surface area contributed by atoms with E-state index in [0.717, 1.165) is 57.9 Å². The Bertz CT molecular complexity index is 269. The Balaban J connectivity index is 3.28. The van der Waals surface area contributed by atoms with Crippen molar-refractivity contribution in [1.29, 1.82) is 0 Å². The van der Waals surface area contributed by atoms with Gasteiger partial charge >= 0.3 is 0 Å². The van der Waals surface area contributed by atoms with Crippen molar-refractivity contribution in [2.45, 2.75) is 110 Å². The Kier molecular flexibility index (Phi) is 19.5. The molecule has 0 fully saturated rings. The summed E-state index contributed by atoms with van der Waals surface area (Å²) in [4.78, 5) is 23.2. The van der Waals surface area contributed by atoms with E-state index in [0.29, 0.717) is 6.42 Å². The fourth-order valence-corrected chi connectivity index (χ4v) is 3.09. The Morgan fingerprint density at radius 1 is 0.583 bits per heavy atom. The van der Waals surface area contributed by atoms with E-state index >= 15 is 0 Å². The van der Waals surface area contributed by atoms with Crippen LogP contribution in [-0.4, -0.2) is 30.7 Å². The van der Waals surface area contributed by atoms with Gasteiger partial charge in [0.2, 0.25) is 6.41 Å². The molecule has 0 spiro atoms. The summed E-state index contributed by atoms with van der Waals surface area (Å²) in [7, 11) is 0. The molecule has 0 aromatic rings. The van der Waals surface area contributed by atoms with Crippen molar-refractivity contribution in [3.8, 4) is 0 Å². The van der Waals surface area contributed by atoms with Crippen LogP contribution in [0.25, 0.3) is 0 Å². The van der Waals surface area contributed by atoms with E-state index in [1.807, 2.05) is 4.90 Å². The zero-order chi connectivity index (χ0) is 17.7. The van der Waals surface area contributed by atoms with Crippen LogP contribution >= 0.6 is 0 Å². The maximum absolute atomic E-state index is 11.1. The molecule has 0 heterocycles. The van der Waals surface area contributed by atoms with Gasteiger partial charge in [-0.3, -0.25) is 4.79 Å². The highest BCUT2D eigenvalue weighted by molar-refractivity contribution is 5.48. The monoisotopic (exact) mass is 339 g/mol. The number of carbonyl (C=O) groups is 2. The van der Waals surface area contributed by atoms with Gasteiger partial charge in [0, 0.05) is 19.5 Å². The number of aldehydes is 1. The minimum atomic E-state index is 0.677. The van der Waals surface area contributed by atoms with Gasteiger partial charge in [-0.15, -0.1) is 0 Å². The topological polar surface area (TPSA) is 37.4 Å². The first-order valence-corrected chi connectivity index (χ1v) is 10.5. The van der Waals surface area contributed by atoms with Crippen LogP contribution in [0.15, 0.2) is 0 Å². The van der Waals surface area contributed by atoms with Crippen molar-refractivity contribution in [1.82, 2.24) is 4.90 Å². The smallest absolute Gasteiger partial charge is 0.209 e. The highest BCUT2D eigenvalue weighted by Crippen LogP contribution is 2.11. The zero-order valence-corrected chi connectivity index (χ0v) is 16.1. The van der Waals surface area contributed by atoms with E-state index in [2.05, 4.69) is 6.92 Å². The molecule has 142 valence electrons. The first-order chi connectivity index (χ1) is 11.8. The zero-order valence-electron chi connectivity index (χ0n) is 16.1. The minimum Gasteiger partial charge on any atom is -0.345 e. The summed E-state index contributed by atoms with van der Waals surface area (Å²) in [5.41, 5.74) is 0. The van der Waals surface area contributed by atoms with Gasteiger partial charge in [0.25, 0.3) is 0 Å². The van der Waals surface area contributed by atoms with E-state index < -0.39 is 0 Å². The molecule has 0 aliphatic heterocycles. The maximum atomic E-state index is 11.1. The Labute approximate surface area is 150 Å². The van der Waals surface area contributed by atoms with Gasteiger partial charge in [0.05, 0.1) is 0 Å². The fourth-order valence-electron chi connectivity index (χ4n) is 3.09. The van der Waals surface area contributed by atoms with Crippen molar-refractivity contribution in [3.05, 3.63) is 0 Å². The number of unbranched alkanes of at least 4 members (excludes halogenated alkanes) is 14. The van der Waals surface area contributed by atoms with E-state index in [1.54, 1.807) is 0 Å². The molecule has 3 nitrogen and oxygen atoms in total.